The lowest BCUT2D eigenvalue weighted by Crippen LogP contribution is -2.27. The highest BCUT2D eigenvalue weighted by Crippen LogP contribution is 2.23. The van der Waals surface area contributed by atoms with Gasteiger partial charge in [0, 0.05) is 26.4 Å². The average molecular weight is 373 g/mol. The molecule has 0 unspecified atom stereocenters. The van der Waals surface area contributed by atoms with Crippen LogP contribution in [-0.2, 0) is 17.8 Å². The fraction of sp³-hybridized carbons (Fsp3) is 0.286. The number of halogens is 2. The minimum atomic E-state index is -0.381. The molecule has 0 spiro atoms. The molecule has 0 atom stereocenters. The number of hydrogen-bond acceptors (Lipinski definition) is 4. The number of aromatic amines is 2. The van der Waals surface area contributed by atoms with Gasteiger partial charge in [0.25, 0.3) is 5.56 Å². The Balaban J connectivity index is 1.95. The Morgan fingerprint density at radius 1 is 1.35 bits per heavy atom. The fourth-order valence-electron chi connectivity index (χ4n) is 1.96. The van der Waals surface area contributed by atoms with Gasteiger partial charge in [0.15, 0.2) is 4.77 Å². The first kappa shape index (κ1) is 17.7. The number of carbonyl (C=O) groups excluding carboxylic acids is 1. The molecule has 1 aromatic heterocycles. The van der Waals surface area contributed by atoms with Crippen LogP contribution in [0.25, 0.3) is 0 Å². The molecule has 0 bridgehead atoms. The van der Waals surface area contributed by atoms with E-state index in [1.54, 1.807) is 24.1 Å². The minimum Gasteiger partial charge on any atom is -0.341 e. The van der Waals surface area contributed by atoms with Gasteiger partial charge in [-0.25, -0.2) is 0 Å². The van der Waals surface area contributed by atoms with Crippen molar-refractivity contribution in [3.63, 3.8) is 0 Å². The highest BCUT2D eigenvalue weighted by Gasteiger charge is 2.12. The number of rotatable bonds is 5. The molecule has 0 aliphatic rings. The van der Waals surface area contributed by atoms with E-state index in [0.717, 1.165) is 5.56 Å². The molecule has 6 nitrogen and oxygen atoms in total. The Morgan fingerprint density at radius 2 is 2.09 bits per heavy atom. The Kier molecular flexibility index (Phi) is 5.92. The Labute approximate surface area is 147 Å². The summed E-state index contributed by atoms with van der Waals surface area (Å²) in [4.78, 5) is 27.8. The lowest BCUT2D eigenvalue weighted by atomic mass is 10.2. The maximum absolute atomic E-state index is 12.1. The van der Waals surface area contributed by atoms with Crippen molar-refractivity contribution in [1.82, 2.24) is 20.1 Å². The van der Waals surface area contributed by atoms with Gasteiger partial charge in [-0.2, -0.15) is 5.10 Å². The average Bonchev–Trinajstić information content (AvgIpc) is 2.49. The molecule has 0 radical (unpaired) electrons. The Bertz CT molecular complexity index is 834. The summed E-state index contributed by atoms with van der Waals surface area (Å²) in [6.45, 7) is 0.400. The zero-order valence-corrected chi connectivity index (χ0v) is 14.6. The van der Waals surface area contributed by atoms with E-state index >= 15 is 0 Å². The van der Waals surface area contributed by atoms with Crippen LogP contribution in [0.5, 0.6) is 0 Å². The summed E-state index contributed by atoms with van der Waals surface area (Å²) in [5, 5.41) is 7.25. The van der Waals surface area contributed by atoms with E-state index < -0.39 is 0 Å². The first-order valence-electron chi connectivity index (χ1n) is 6.72. The van der Waals surface area contributed by atoms with Crippen LogP contribution in [0, 0.1) is 4.77 Å². The third kappa shape index (κ3) is 4.89. The van der Waals surface area contributed by atoms with Crippen LogP contribution in [0.1, 0.15) is 17.7 Å². The van der Waals surface area contributed by atoms with E-state index in [9.17, 15) is 9.59 Å². The monoisotopic (exact) mass is 372 g/mol. The molecule has 0 saturated carbocycles. The van der Waals surface area contributed by atoms with Gasteiger partial charge in [-0.15, -0.1) is 0 Å². The molecule has 2 N–H and O–H groups in total. The summed E-state index contributed by atoms with van der Waals surface area (Å²) in [7, 11) is 1.68. The Hall–Kier alpha value is -1.70. The topological polar surface area (TPSA) is 81.8 Å². The number of aryl methyl sites for hydroxylation is 1. The quantitative estimate of drug-likeness (QED) is 0.790. The van der Waals surface area contributed by atoms with E-state index in [0.29, 0.717) is 16.6 Å². The second kappa shape index (κ2) is 7.72. The van der Waals surface area contributed by atoms with Crippen LogP contribution in [-0.4, -0.2) is 33.0 Å². The normalized spacial score (nSPS) is 10.6. The predicted molar refractivity (Wildman–Crippen MR) is 91.3 cm³/mol. The molecule has 0 fully saturated rings. The molecule has 1 amide bonds. The number of aromatic nitrogens is 3. The van der Waals surface area contributed by atoms with Crippen LogP contribution in [0.3, 0.4) is 0 Å². The molecule has 0 aliphatic heterocycles. The molecule has 2 aromatic rings. The van der Waals surface area contributed by atoms with Crippen LogP contribution in [0.2, 0.25) is 10.0 Å². The van der Waals surface area contributed by atoms with E-state index in [1.807, 2.05) is 6.07 Å². The standard InChI is InChI=1S/C14H14Cl2N4O2S/c1-20(7-8-2-3-9(15)10(16)6-8)12(21)5-4-11-13(22)17-14(23)19-18-11/h2-3,6H,4-5,7H2,1H3,(H2,17,19,22,23). The van der Waals surface area contributed by atoms with Crippen molar-refractivity contribution < 1.29 is 4.79 Å². The molecule has 0 saturated heterocycles. The van der Waals surface area contributed by atoms with Gasteiger partial charge in [0.05, 0.1) is 10.0 Å². The SMILES string of the molecule is CN(Cc1ccc(Cl)c(Cl)c1)C(=O)CCc1n[nH]c(=S)[nH]c1=O. The van der Waals surface area contributed by atoms with Crippen molar-refractivity contribution >= 4 is 41.3 Å². The van der Waals surface area contributed by atoms with Crippen molar-refractivity contribution in [2.75, 3.05) is 7.05 Å². The Morgan fingerprint density at radius 3 is 2.74 bits per heavy atom. The van der Waals surface area contributed by atoms with E-state index in [4.69, 9.17) is 35.4 Å². The second-order valence-corrected chi connectivity index (χ2v) is 6.17. The van der Waals surface area contributed by atoms with Gasteiger partial charge < -0.3 is 4.90 Å². The highest BCUT2D eigenvalue weighted by molar-refractivity contribution is 7.71. The van der Waals surface area contributed by atoms with Gasteiger partial charge in [0.2, 0.25) is 5.91 Å². The number of H-pyrrole nitrogens is 2. The van der Waals surface area contributed by atoms with Gasteiger partial charge in [0.1, 0.15) is 5.69 Å². The van der Waals surface area contributed by atoms with E-state index in [-0.39, 0.29) is 34.8 Å². The maximum atomic E-state index is 12.1. The van der Waals surface area contributed by atoms with Crippen molar-refractivity contribution in [3.8, 4) is 0 Å². The molecule has 122 valence electrons. The fourth-order valence-corrected chi connectivity index (χ4v) is 2.42. The van der Waals surface area contributed by atoms with E-state index in [2.05, 4.69) is 15.2 Å². The van der Waals surface area contributed by atoms with Crippen LogP contribution in [0.15, 0.2) is 23.0 Å². The number of carbonyl (C=O) groups is 1. The van der Waals surface area contributed by atoms with Crippen LogP contribution < -0.4 is 5.56 Å². The number of benzene rings is 1. The molecule has 1 heterocycles. The third-order valence-electron chi connectivity index (χ3n) is 3.19. The summed E-state index contributed by atoms with van der Waals surface area (Å²) in [5.41, 5.74) is 0.735. The molecule has 0 aliphatic carbocycles. The molecule has 9 heteroatoms. The van der Waals surface area contributed by atoms with Gasteiger partial charge in [-0.1, -0.05) is 29.3 Å². The molecular weight excluding hydrogens is 359 g/mol. The number of amides is 1. The lowest BCUT2D eigenvalue weighted by Gasteiger charge is -2.17. The van der Waals surface area contributed by atoms with Gasteiger partial charge in [-0.05, 0) is 29.9 Å². The smallest absolute Gasteiger partial charge is 0.273 e. The van der Waals surface area contributed by atoms with Gasteiger partial charge in [-0.3, -0.25) is 19.7 Å². The molecule has 2 rings (SSSR count). The summed E-state index contributed by atoms with van der Waals surface area (Å²) < 4.78 is 0.154. The van der Waals surface area contributed by atoms with Crippen molar-refractivity contribution in [1.29, 1.82) is 0 Å². The number of hydrogen-bond donors (Lipinski definition) is 2. The van der Waals surface area contributed by atoms with E-state index in [1.165, 1.54) is 0 Å². The zero-order chi connectivity index (χ0) is 17.0. The summed E-state index contributed by atoms with van der Waals surface area (Å²) in [5.74, 6) is -0.111. The maximum Gasteiger partial charge on any atom is 0.273 e. The highest BCUT2D eigenvalue weighted by atomic mass is 35.5. The zero-order valence-electron chi connectivity index (χ0n) is 12.2. The van der Waals surface area contributed by atoms with Crippen LogP contribution >= 0.6 is 35.4 Å². The minimum absolute atomic E-state index is 0.111. The van der Waals surface area contributed by atoms with Crippen LogP contribution in [0.4, 0.5) is 0 Å². The predicted octanol–water partition coefficient (Wildman–Crippen LogP) is 2.73. The first-order valence-corrected chi connectivity index (χ1v) is 7.89. The molecular formula is C14H14Cl2N4O2S. The van der Waals surface area contributed by atoms with Crippen molar-refractivity contribution in [2.24, 2.45) is 0 Å². The molecule has 23 heavy (non-hydrogen) atoms. The number of nitrogens with one attached hydrogen (secondary N) is 2. The second-order valence-electron chi connectivity index (χ2n) is 4.95. The van der Waals surface area contributed by atoms with Gasteiger partial charge >= 0.3 is 0 Å². The summed E-state index contributed by atoms with van der Waals surface area (Å²) in [6.07, 6.45) is 0.393. The summed E-state index contributed by atoms with van der Waals surface area (Å²) in [6, 6.07) is 5.21. The lowest BCUT2D eigenvalue weighted by molar-refractivity contribution is -0.130. The largest absolute Gasteiger partial charge is 0.341 e. The molecule has 1 aromatic carbocycles. The third-order valence-corrected chi connectivity index (χ3v) is 4.12. The summed E-state index contributed by atoms with van der Waals surface area (Å²) >= 11 is 16.6. The van der Waals surface area contributed by atoms with Crippen molar-refractivity contribution in [3.05, 3.63) is 54.6 Å². The van der Waals surface area contributed by atoms with Crippen molar-refractivity contribution in [2.45, 2.75) is 19.4 Å². The number of nitrogens with zero attached hydrogens (tertiary/aromatic N) is 2. The first-order chi connectivity index (χ1) is 10.9.